The summed E-state index contributed by atoms with van der Waals surface area (Å²) in [5.74, 6) is -0.119. The zero-order chi connectivity index (χ0) is 8.15. The lowest BCUT2D eigenvalue weighted by Gasteiger charge is -1.97. The van der Waals surface area contributed by atoms with E-state index in [-0.39, 0.29) is 5.78 Å². The molecule has 0 rings (SSSR count). The minimum absolute atomic E-state index is 0.119. The molecule has 0 saturated heterocycles. The fourth-order valence-corrected chi connectivity index (χ4v) is 0.535. The highest BCUT2D eigenvalue weighted by atomic mass is 16.2. The highest BCUT2D eigenvalue weighted by Gasteiger charge is 1.93. The van der Waals surface area contributed by atoms with Gasteiger partial charge in [-0.15, -0.1) is 0 Å². The Morgan fingerprint density at radius 3 is 2.20 bits per heavy atom. The molecule has 0 aromatic heterocycles. The van der Waals surface area contributed by atoms with Crippen molar-refractivity contribution in [2.24, 2.45) is 5.73 Å². The second-order valence-corrected chi connectivity index (χ2v) is 1.93. The molecule has 0 spiro atoms. The molecule has 2 amide bonds. The minimum Gasteiger partial charge on any atom is -0.351 e. The third-order valence-corrected chi connectivity index (χ3v) is 0.740. The summed E-state index contributed by atoms with van der Waals surface area (Å²) in [4.78, 5) is 20.5. The van der Waals surface area contributed by atoms with Crippen LogP contribution in [0.4, 0.5) is 4.79 Å². The Morgan fingerprint density at radius 1 is 1.40 bits per heavy atom. The normalized spacial score (nSPS) is 10.8. The van der Waals surface area contributed by atoms with Gasteiger partial charge in [-0.25, -0.2) is 4.79 Å². The lowest BCUT2D eigenvalue weighted by Crippen LogP contribution is -2.27. The van der Waals surface area contributed by atoms with Crippen LogP contribution in [0.2, 0.25) is 0 Å². The van der Waals surface area contributed by atoms with Gasteiger partial charge in [-0.2, -0.15) is 0 Å². The predicted octanol–water partition coefficient (Wildman–Crippen LogP) is 0.148. The van der Waals surface area contributed by atoms with Crippen molar-refractivity contribution < 1.29 is 9.59 Å². The van der Waals surface area contributed by atoms with Crippen LogP contribution in [0.25, 0.3) is 0 Å². The van der Waals surface area contributed by atoms with Gasteiger partial charge in [-0.05, 0) is 19.9 Å². The molecular weight excluding hydrogens is 132 g/mol. The fraction of sp³-hybridized carbons (Fsp3) is 0.333. The monoisotopic (exact) mass is 142 g/mol. The van der Waals surface area contributed by atoms with Gasteiger partial charge in [0.2, 0.25) is 0 Å². The summed E-state index contributed by atoms with van der Waals surface area (Å²) < 4.78 is 0. The molecule has 0 aliphatic rings. The largest absolute Gasteiger partial charge is 0.351 e. The van der Waals surface area contributed by atoms with E-state index in [2.05, 4.69) is 5.32 Å². The number of nitrogens with one attached hydrogen (secondary N) is 1. The molecule has 0 bridgehead atoms. The Labute approximate surface area is 59.1 Å². The SMILES string of the molecule is CC(=O)/C=C(\C)NC(N)=O. The van der Waals surface area contributed by atoms with E-state index in [0.29, 0.717) is 5.70 Å². The molecule has 0 aromatic carbocycles. The summed E-state index contributed by atoms with van der Waals surface area (Å²) in [7, 11) is 0. The summed E-state index contributed by atoms with van der Waals surface area (Å²) in [6.07, 6.45) is 1.30. The second-order valence-electron chi connectivity index (χ2n) is 1.93. The average Bonchev–Trinajstić information content (AvgIpc) is 1.58. The molecule has 0 radical (unpaired) electrons. The van der Waals surface area contributed by atoms with Crippen molar-refractivity contribution in [3.8, 4) is 0 Å². The van der Waals surface area contributed by atoms with Crippen LogP contribution in [0.5, 0.6) is 0 Å². The standard InChI is InChI=1S/C6H10N2O2/c1-4(3-5(2)9)8-6(7)10/h3H,1-2H3,(H3,7,8,10)/b4-3+. The zero-order valence-corrected chi connectivity index (χ0v) is 5.97. The number of rotatable bonds is 2. The van der Waals surface area contributed by atoms with E-state index < -0.39 is 6.03 Å². The second kappa shape index (κ2) is 3.66. The van der Waals surface area contributed by atoms with Gasteiger partial charge in [0.25, 0.3) is 0 Å². The highest BCUT2D eigenvalue weighted by Crippen LogP contribution is 1.85. The molecule has 0 fully saturated rings. The van der Waals surface area contributed by atoms with E-state index in [9.17, 15) is 9.59 Å². The van der Waals surface area contributed by atoms with Crippen LogP contribution < -0.4 is 11.1 Å². The first-order valence-corrected chi connectivity index (χ1v) is 2.77. The molecule has 0 aliphatic heterocycles. The van der Waals surface area contributed by atoms with Gasteiger partial charge in [0.1, 0.15) is 0 Å². The number of nitrogens with two attached hydrogens (primary N) is 1. The topological polar surface area (TPSA) is 72.2 Å². The van der Waals surface area contributed by atoms with Gasteiger partial charge in [0.05, 0.1) is 0 Å². The van der Waals surface area contributed by atoms with E-state index in [1.54, 1.807) is 6.92 Å². The Hall–Kier alpha value is -1.32. The summed E-state index contributed by atoms with van der Waals surface area (Å²) in [6, 6.07) is -0.657. The Morgan fingerprint density at radius 2 is 1.90 bits per heavy atom. The molecule has 10 heavy (non-hydrogen) atoms. The van der Waals surface area contributed by atoms with Crippen LogP contribution in [0, 0.1) is 0 Å². The van der Waals surface area contributed by atoms with E-state index in [1.165, 1.54) is 13.0 Å². The smallest absolute Gasteiger partial charge is 0.316 e. The number of amides is 2. The first-order valence-electron chi connectivity index (χ1n) is 2.77. The van der Waals surface area contributed by atoms with Gasteiger partial charge in [-0.1, -0.05) is 0 Å². The zero-order valence-electron chi connectivity index (χ0n) is 5.97. The lowest BCUT2D eigenvalue weighted by atomic mass is 10.3. The molecule has 56 valence electrons. The Balaban J connectivity index is 3.95. The molecule has 0 aromatic rings. The quantitative estimate of drug-likeness (QED) is 0.538. The summed E-state index contributed by atoms with van der Waals surface area (Å²) in [5, 5.41) is 2.25. The van der Waals surface area contributed by atoms with Crippen LogP contribution in [-0.4, -0.2) is 11.8 Å². The Bertz CT molecular complexity index is 184. The van der Waals surface area contributed by atoms with Gasteiger partial charge >= 0.3 is 6.03 Å². The highest BCUT2D eigenvalue weighted by molar-refractivity contribution is 5.88. The third-order valence-electron chi connectivity index (χ3n) is 0.740. The fourth-order valence-electron chi connectivity index (χ4n) is 0.535. The Kier molecular flexibility index (Phi) is 3.17. The van der Waals surface area contributed by atoms with E-state index in [4.69, 9.17) is 5.73 Å². The number of carbonyl (C=O) groups excluding carboxylic acids is 2. The number of hydrogen-bond acceptors (Lipinski definition) is 2. The van der Waals surface area contributed by atoms with Gasteiger partial charge in [0.15, 0.2) is 5.78 Å². The molecule has 0 atom stereocenters. The summed E-state index contributed by atoms with van der Waals surface area (Å²) >= 11 is 0. The van der Waals surface area contributed by atoms with Crippen LogP contribution in [-0.2, 0) is 4.79 Å². The number of allylic oxidation sites excluding steroid dienone is 2. The molecule has 0 saturated carbocycles. The van der Waals surface area contributed by atoms with Crippen LogP contribution in [0.3, 0.4) is 0 Å². The maximum absolute atomic E-state index is 10.4. The summed E-state index contributed by atoms with van der Waals surface area (Å²) in [5.41, 5.74) is 5.23. The number of carbonyl (C=O) groups is 2. The van der Waals surface area contributed by atoms with Crippen molar-refractivity contribution in [1.82, 2.24) is 5.32 Å². The molecule has 0 aliphatic carbocycles. The van der Waals surface area contributed by atoms with E-state index >= 15 is 0 Å². The van der Waals surface area contributed by atoms with Gasteiger partial charge in [0, 0.05) is 5.70 Å². The van der Waals surface area contributed by atoms with E-state index in [1.807, 2.05) is 0 Å². The van der Waals surface area contributed by atoms with Crippen molar-refractivity contribution in [2.45, 2.75) is 13.8 Å². The first-order chi connectivity index (χ1) is 4.52. The number of hydrogen-bond donors (Lipinski definition) is 2. The van der Waals surface area contributed by atoms with Crippen LogP contribution >= 0.6 is 0 Å². The average molecular weight is 142 g/mol. The molecule has 0 heterocycles. The van der Waals surface area contributed by atoms with Crippen LogP contribution in [0.15, 0.2) is 11.8 Å². The number of urea groups is 1. The molecule has 0 unspecified atom stereocenters. The lowest BCUT2D eigenvalue weighted by molar-refractivity contribution is -0.112. The molecular formula is C6H10N2O2. The predicted molar refractivity (Wildman–Crippen MR) is 37.2 cm³/mol. The number of primary amides is 1. The van der Waals surface area contributed by atoms with Crippen molar-refractivity contribution >= 4 is 11.8 Å². The number of ketones is 1. The maximum Gasteiger partial charge on any atom is 0.316 e. The molecule has 4 nitrogen and oxygen atoms in total. The summed E-state index contributed by atoms with van der Waals surface area (Å²) in [6.45, 7) is 2.98. The van der Waals surface area contributed by atoms with E-state index in [0.717, 1.165) is 0 Å². The van der Waals surface area contributed by atoms with Crippen LogP contribution in [0.1, 0.15) is 13.8 Å². The minimum atomic E-state index is -0.657. The van der Waals surface area contributed by atoms with Gasteiger partial charge in [-0.3, -0.25) is 4.79 Å². The van der Waals surface area contributed by atoms with Gasteiger partial charge < -0.3 is 11.1 Å². The van der Waals surface area contributed by atoms with Crippen molar-refractivity contribution in [3.63, 3.8) is 0 Å². The maximum atomic E-state index is 10.4. The van der Waals surface area contributed by atoms with Crippen molar-refractivity contribution in [3.05, 3.63) is 11.8 Å². The first kappa shape index (κ1) is 8.68. The third kappa shape index (κ3) is 4.83. The van der Waals surface area contributed by atoms with Crippen molar-refractivity contribution in [1.29, 1.82) is 0 Å². The molecule has 3 N–H and O–H groups in total. The van der Waals surface area contributed by atoms with Crippen molar-refractivity contribution in [2.75, 3.05) is 0 Å². The molecule has 4 heteroatoms.